The van der Waals surface area contributed by atoms with Crippen LogP contribution in [-0.4, -0.2) is 25.2 Å². The highest BCUT2D eigenvalue weighted by Gasteiger charge is 2.16. The van der Waals surface area contributed by atoms with E-state index in [0.29, 0.717) is 0 Å². The van der Waals surface area contributed by atoms with Crippen molar-refractivity contribution in [3.05, 3.63) is 22.4 Å². The summed E-state index contributed by atoms with van der Waals surface area (Å²) in [5, 5.41) is 6.79. The van der Waals surface area contributed by atoms with Crippen LogP contribution >= 0.6 is 11.3 Å². The van der Waals surface area contributed by atoms with Gasteiger partial charge in [0.25, 0.3) is 5.91 Å². The van der Waals surface area contributed by atoms with Crippen LogP contribution in [0.2, 0.25) is 0 Å². The third-order valence-electron chi connectivity index (χ3n) is 2.34. The topological polar surface area (TPSA) is 38.3 Å². The molecule has 1 N–H and O–H groups in total. The Morgan fingerprint density at radius 2 is 2.29 bits per heavy atom. The van der Waals surface area contributed by atoms with E-state index >= 15 is 0 Å². The molecule has 0 spiro atoms. The standard InChI is InChI=1S/C10H13NO2S/c12-10(8-3-6-14-7-8)11-9-1-4-13-5-2-9/h3,6-7,9H,1-2,4-5H2,(H,11,12). The monoisotopic (exact) mass is 211 g/mol. The second-order valence-electron chi connectivity index (χ2n) is 3.37. The molecule has 0 aliphatic carbocycles. The fraction of sp³-hybridized carbons (Fsp3) is 0.500. The van der Waals surface area contributed by atoms with Crippen molar-refractivity contribution in [2.45, 2.75) is 18.9 Å². The lowest BCUT2D eigenvalue weighted by Gasteiger charge is -2.22. The van der Waals surface area contributed by atoms with E-state index in [-0.39, 0.29) is 11.9 Å². The van der Waals surface area contributed by atoms with Gasteiger partial charge in [0.1, 0.15) is 0 Å². The predicted molar refractivity (Wildman–Crippen MR) is 55.6 cm³/mol. The molecule has 3 nitrogen and oxygen atoms in total. The number of nitrogens with one attached hydrogen (secondary N) is 1. The van der Waals surface area contributed by atoms with Gasteiger partial charge < -0.3 is 10.1 Å². The Labute approximate surface area is 87.1 Å². The van der Waals surface area contributed by atoms with Gasteiger partial charge in [-0.25, -0.2) is 0 Å². The summed E-state index contributed by atoms with van der Waals surface area (Å²) in [5.41, 5.74) is 0.765. The van der Waals surface area contributed by atoms with Crippen molar-refractivity contribution in [1.29, 1.82) is 0 Å². The van der Waals surface area contributed by atoms with Gasteiger partial charge in [0.05, 0.1) is 0 Å². The zero-order valence-corrected chi connectivity index (χ0v) is 8.68. The number of carbonyl (C=O) groups is 1. The number of hydrogen-bond donors (Lipinski definition) is 1. The fourth-order valence-corrected chi connectivity index (χ4v) is 2.14. The van der Waals surface area contributed by atoms with Crippen molar-refractivity contribution >= 4 is 17.2 Å². The van der Waals surface area contributed by atoms with Crippen LogP contribution in [0.3, 0.4) is 0 Å². The minimum Gasteiger partial charge on any atom is -0.381 e. The molecule has 14 heavy (non-hydrogen) atoms. The van der Waals surface area contributed by atoms with Crippen molar-refractivity contribution < 1.29 is 9.53 Å². The molecule has 1 aliphatic heterocycles. The van der Waals surface area contributed by atoms with Gasteiger partial charge in [0.15, 0.2) is 0 Å². The number of rotatable bonds is 2. The molecule has 4 heteroatoms. The lowest BCUT2D eigenvalue weighted by atomic mass is 10.1. The molecule has 0 aromatic carbocycles. The summed E-state index contributed by atoms with van der Waals surface area (Å²) < 4.78 is 5.22. The minimum absolute atomic E-state index is 0.0400. The minimum atomic E-state index is 0.0400. The lowest BCUT2D eigenvalue weighted by molar-refractivity contribution is 0.0696. The van der Waals surface area contributed by atoms with Gasteiger partial charge in [-0.15, -0.1) is 0 Å². The first-order valence-electron chi connectivity index (χ1n) is 4.77. The molecule has 2 heterocycles. The maximum Gasteiger partial charge on any atom is 0.252 e. The summed E-state index contributed by atoms with van der Waals surface area (Å²) in [4.78, 5) is 11.6. The van der Waals surface area contributed by atoms with E-state index in [2.05, 4.69) is 5.32 Å². The Bertz CT molecular complexity index is 291. The van der Waals surface area contributed by atoms with Crippen molar-refractivity contribution in [3.8, 4) is 0 Å². The van der Waals surface area contributed by atoms with Crippen molar-refractivity contribution in [2.75, 3.05) is 13.2 Å². The SMILES string of the molecule is O=C(NC1CCOCC1)c1ccsc1. The van der Waals surface area contributed by atoms with Crippen LogP contribution in [0.4, 0.5) is 0 Å². The highest BCUT2D eigenvalue weighted by Crippen LogP contribution is 2.09. The number of thiophene rings is 1. The summed E-state index contributed by atoms with van der Waals surface area (Å²) >= 11 is 1.54. The molecule has 76 valence electrons. The second-order valence-corrected chi connectivity index (χ2v) is 4.15. The Morgan fingerprint density at radius 3 is 2.93 bits per heavy atom. The summed E-state index contributed by atoms with van der Waals surface area (Å²) in [7, 11) is 0. The van der Waals surface area contributed by atoms with E-state index in [9.17, 15) is 4.79 Å². The zero-order valence-electron chi connectivity index (χ0n) is 7.86. The highest BCUT2D eigenvalue weighted by molar-refractivity contribution is 7.08. The third-order valence-corrected chi connectivity index (χ3v) is 3.02. The first kappa shape index (κ1) is 9.68. The molecule has 1 amide bonds. The van der Waals surface area contributed by atoms with E-state index in [1.54, 1.807) is 11.3 Å². The van der Waals surface area contributed by atoms with Crippen LogP contribution in [0.1, 0.15) is 23.2 Å². The van der Waals surface area contributed by atoms with Crippen molar-refractivity contribution in [1.82, 2.24) is 5.32 Å². The number of amides is 1. The van der Waals surface area contributed by atoms with Crippen molar-refractivity contribution in [3.63, 3.8) is 0 Å². The van der Waals surface area contributed by atoms with Crippen LogP contribution in [-0.2, 0) is 4.74 Å². The van der Waals surface area contributed by atoms with E-state index in [4.69, 9.17) is 4.74 Å². The quantitative estimate of drug-likeness (QED) is 0.808. The Morgan fingerprint density at radius 1 is 1.50 bits per heavy atom. The molecule has 1 saturated heterocycles. The van der Waals surface area contributed by atoms with Gasteiger partial charge in [-0.05, 0) is 24.3 Å². The summed E-state index contributed by atoms with van der Waals surface area (Å²) in [6, 6.07) is 2.13. The van der Waals surface area contributed by atoms with Crippen LogP contribution in [0.15, 0.2) is 16.8 Å². The molecule has 1 aromatic heterocycles. The van der Waals surface area contributed by atoms with Crippen LogP contribution < -0.4 is 5.32 Å². The second kappa shape index (κ2) is 4.57. The highest BCUT2D eigenvalue weighted by atomic mass is 32.1. The van der Waals surface area contributed by atoms with Crippen LogP contribution in [0.5, 0.6) is 0 Å². The predicted octanol–water partition coefficient (Wildman–Crippen LogP) is 1.66. The zero-order chi connectivity index (χ0) is 9.80. The van der Waals surface area contributed by atoms with E-state index in [1.165, 1.54) is 0 Å². The van der Waals surface area contributed by atoms with Crippen molar-refractivity contribution in [2.24, 2.45) is 0 Å². The van der Waals surface area contributed by atoms with Gasteiger partial charge in [-0.2, -0.15) is 11.3 Å². The molecule has 1 aliphatic rings. The van der Waals surface area contributed by atoms with Gasteiger partial charge in [0.2, 0.25) is 0 Å². The molecule has 2 rings (SSSR count). The van der Waals surface area contributed by atoms with E-state index < -0.39 is 0 Å². The molecular weight excluding hydrogens is 198 g/mol. The smallest absolute Gasteiger partial charge is 0.252 e. The summed E-state index contributed by atoms with van der Waals surface area (Å²) in [6.07, 6.45) is 1.85. The van der Waals surface area contributed by atoms with E-state index in [0.717, 1.165) is 31.6 Å². The molecule has 1 aromatic rings. The summed E-state index contributed by atoms with van der Waals surface area (Å²) in [6.45, 7) is 1.52. The lowest BCUT2D eigenvalue weighted by Crippen LogP contribution is -2.38. The van der Waals surface area contributed by atoms with Gasteiger partial charge in [0, 0.05) is 30.2 Å². The van der Waals surface area contributed by atoms with E-state index in [1.807, 2.05) is 16.8 Å². The molecule has 0 saturated carbocycles. The molecule has 0 bridgehead atoms. The average molecular weight is 211 g/mol. The third kappa shape index (κ3) is 2.33. The number of ether oxygens (including phenoxy) is 1. The fourth-order valence-electron chi connectivity index (χ4n) is 1.50. The number of carbonyl (C=O) groups excluding carboxylic acids is 1. The molecular formula is C10H13NO2S. The number of hydrogen-bond acceptors (Lipinski definition) is 3. The Hall–Kier alpha value is -0.870. The average Bonchev–Trinajstić information content (AvgIpc) is 2.72. The van der Waals surface area contributed by atoms with Crippen LogP contribution in [0.25, 0.3) is 0 Å². The van der Waals surface area contributed by atoms with Gasteiger partial charge >= 0.3 is 0 Å². The Balaban J connectivity index is 1.87. The Kier molecular flexibility index (Phi) is 3.16. The molecule has 1 fully saturated rings. The van der Waals surface area contributed by atoms with Gasteiger partial charge in [-0.3, -0.25) is 4.79 Å². The normalized spacial score (nSPS) is 18.0. The largest absolute Gasteiger partial charge is 0.381 e. The maximum atomic E-state index is 11.6. The first-order valence-corrected chi connectivity index (χ1v) is 5.71. The molecule has 0 unspecified atom stereocenters. The summed E-state index contributed by atoms with van der Waals surface area (Å²) in [5.74, 6) is 0.0400. The van der Waals surface area contributed by atoms with Crippen LogP contribution in [0, 0.1) is 0 Å². The first-order chi connectivity index (χ1) is 6.86. The maximum absolute atomic E-state index is 11.6. The molecule has 0 atom stereocenters. The van der Waals surface area contributed by atoms with Gasteiger partial charge in [-0.1, -0.05) is 0 Å². The molecule has 0 radical (unpaired) electrons.